The minimum Gasteiger partial charge on any atom is -0.473 e. The van der Waals surface area contributed by atoms with Crippen LogP contribution in [0.25, 0.3) is 10.8 Å². The Morgan fingerprint density at radius 1 is 0.758 bits per heavy atom. The van der Waals surface area contributed by atoms with Crippen molar-refractivity contribution >= 4 is 22.7 Å². The molecule has 2 heterocycles. The van der Waals surface area contributed by atoms with Crippen molar-refractivity contribution in [1.29, 1.82) is 0 Å². The molecule has 3 aromatic carbocycles. The molecule has 1 fully saturated rings. The molecule has 0 unspecified atom stereocenters. The smallest absolute Gasteiger partial charge is 0.414 e. The Balaban J connectivity index is 0.000000385. The van der Waals surface area contributed by atoms with E-state index in [4.69, 9.17) is 29.3 Å². The minimum absolute atomic E-state index is 0.339. The van der Waals surface area contributed by atoms with Gasteiger partial charge in [0.2, 0.25) is 6.79 Å². The van der Waals surface area contributed by atoms with E-state index in [0.29, 0.717) is 6.79 Å². The van der Waals surface area contributed by atoms with Crippen molar-refractivity contribution < 1.29 is 29.3 Å². The molecule has 0 aliphatic carbocycles. The molecule has 8 nitrogen and oxygen atoms in total. The van der Waals surface area contributed by atoms with Gasteiger partial charge in [0.15, 0.2) is 11.5 Å². The van der Waals surface area contributed by atoms with E-state index in [1.807, 2.05) is 6.07 Å². The molecule has 2 N–H and O–H groups in total. The van der Waals surface area contributed by atoms with Crippen molar-refractivity contribution in [3.8, 4) is 11.5 Å². The molecule has 2 aliphatic rings. The third-order valence-corrected chi connectivity index (χ3v) is 5.76. The summed E-state index contributed by atoms with van der Waals surface area (Å²) in [4.78, 5) is 23.3. The zero-order chi connectivity index (χ0) is 23.2. The Labute approximate surface area is 191 Å². The number of fused-ring (bicyclic) bond motifs is 2. The van der Waals surface area contributed by atoms with Crippen LogP contribution in [0.5, 0.6) is 11.5 Å². The van der Waals surface area contributed by atoms with Crippen LogP contribution in [0.15, 0.2) is 60.7 Å². The number of carboxylic acids is 2. The molecule has 3 aromatic rings. The van der Waals surface area contributed by atoms with Crippen LogP contribution < -0.4 is 9.47 Å². The summed E-state index contributed by atoms with van der Waals surface area (Å²) < 4.78 is 10.9. The maximum Gasteiger partial charge on any atom is 0.414 e. The molecule has 0 spiro atoms. The molecular formula is C25H26N2O6. The number of carbonyl (C=O) groups is 2. The van der Waals surface area contributed by atoms with Gasteiger partial charge < -0.3 is 19.7 Å². The highest BCUT2D eigenvalue weighted by Gasteiger charge is 2.19. The van der Waals surface area contributed by atoms with Crippen LogP contribution in [0.4, 0.5) is 0 Å². The molecule has 1 saturated heterocycles. The fourth-order valence-corrected chi connectivity index (χ4v) is 4.07. The van der Waals surface area contributed by atoms with E-state index >= 15 is 0 Å². The Morgan fingerprint density at radius 2 is 1.39 bits per heavy atom. The van der Waals surface area contributed by atoms with Crippen molar-refractivity contribution in [3.63, 3.8) is 0 Å². The number of ether oxygens (including phenoxy) is 2. The summed E-state index contributed by atoms with van der Waals surface area (Å²) in [6.07, 6.45) is 0. The molecule has 0 saturated carbocycles. The van der Waals surface area contributed by atoms with E-state index in [1.165, 1.54) is 21.9 Å². The van der Waals surface area contributed by atoms with E-state index < -0.39 is 11.9 Å². The quantitative estimate of drug-likeness (QED) is 0.585. The van der Waals surface area contributed by atoms with Gasteiger partial charge in [0, 0.05) is 39.3 Å². The number of rotatable bonds is 4. The number of hydrogen-bond donors (Lipinski definition) is 2. The summed E-state index contributed by atoms with van der Waals surface area (Å²) in [7, 11) is 0. The van der Waals surface area contributed by atoms with Crippen LogP contribution >= 0.6 is 0 Å². The second-order valence-corrected chi connectivity index (χ2v) is 7.99. The van der Waals surface area contributed by atoms with E-state index in [2.05, 4.69) is 64.4 Å². The number of aliphatic carboxylic acids is 2. The van der Waals surface area contributed by atoms with Gasteiger partial charge >= 0.3 is 11.9 Å². The lowest BCUT2D eigenvalue weighted by Crippen LogP contribution is -2.45. The minimum atomic E-state index is -1.82. The monoisotopic (exact) mass is 450 g/mol. The highest BCUT2D eigenvalue weighted by molar-refractivity contribution is 6.27. The summed E-state index contributed by atoms with van der Waals surface area (Å²) in [5.41, 5.74) is 2.72. The van der Waals surface area contributed by atoms with Crippen LogP contribution in [-0.2, 0) is 22.7 Å². The standard InChI is InChI=1S/C23H24N2O2.C2H2O4/c1-2-7-21-19(4-1)5-3-6-20(21)16-25-12-10-24(11-13-25)15-18-8-9-22-23(14-18)27-17-26-22;3-1(4)2(5)6/h1-9,14H,10-13,15-17H2;(H,3,4)(H,5,6). The van der Waals surface area contributed by atoms with Crippen molar-refractivity contribution in [2.24, 2.45) is 0 Å². The molecule has 2 aliphatic heterocycles. The molecule has 0 radical (unpaired) electrons. The lowest BCUT2D eigenvalue weighted by atomic mass is 10.0. The lowest BCUT2D eigenvalue weighted by molar-refractivity contribution is -0.159. The van der Waals surface area contributed by atoms with E-state index in [-0.39, 0.29) is 0 Å². The normalized spacial score (nSPS) is 15.6. The second-order valence-electron chi connectivity index (χ2n) is 7.99. The molecular weight excluding hydrogens is 424 g/mol. The topological polar surface area (TPSA) is 99.5 Å². The van der Waals surface area contributed by atoms with Gasteiger partial charge in [0.25, 0.3) is 0 Å². The molecule has 0 amide bonds. The predicted octanol–water partition coefficient (Wildman–Crippen LogP) is 3.04. The number of hydrogen-bond acceptors (Lipinski definition) is 6. The Bertz CT molecular complexity index is 1120. The van der Waals surface area contributed by atoms with Gasteiger partial charge in [-0.05, 0) is 34.0 Å². The molecule has 172 valence electrons. The van der Waals surface area contributed by atoms with Crippen molar-refractivity contribution in [1.82, 2.24) is 9.80 Å². The summed E-state index contributed by atoms with van der Waals surface area (Å²) in [6.45, 7) is 6.74. The fourth-order valence-electron chi connectivity index (χ4n) is 4.07. The molecule has 0 aromatic heterocycles. The summed E-state index contributed by atoms with van der Waals surface area (Å²) in [6, 6.07) is 21.6. The number of benzene rings is 3. The second kappa shape index (κ2) is 10.3. The number of nitrogens with zero attached hydrogens (tertiary/aromatic N) is 2. The zero-order valence-electron chi connectivity index (χ0n) is 18.1. The number of piperazine rings is 1. The van der Waals surface area contributed by atoms with Gasteiger partial charge in [-0.3, -0.25) is 9.80 Å². The molecule has 5 rings (SSSR count). The van der Waals surface area contributed by atoms with Gasteiger partial charge in [0.1, 0.15) is 0 Å². The Morgan fingerprint density at radius 3 is 2.12 bits per heavy atom. The van der Waals surface area contributed by atoms with Gasteiger partial charge in [-0.2, -0.15) is 0 Å². The van der Waals surface area contributed by atoms with E-state index in [1.54, 1.807) is 0 Å². The maximum absolute atomic E-state index is 9.10. The first-order chi connectivity index (χ1) is 16.0. The molecule has 8 heteroatoms. The zero-order valence-corrected chi connectivity index (χ0v) is 18.1. The summed E-state index contributed by atoms with van der Waals surface area (Å²) in [5, 5.41) is 17.5. The van der Waals surface area contributed by atoms with Gasteiger partial charge in [0.05, 0.1) is 0 Å². The van der Waals surface area contributed by atoms with Crippen LogP contribution in [-0.4, -0.2) is 64.9 Å². The maximum atomic E-state index is 9.10. The van der Waals surface area contributed by atoms with Crippen LogP contribution in [0.1, 0.15) is 11.1 Å². The van der Waals surface area contributed by atoms with E-state index in [0.717, 1.165) is 50.8 Å². The first-order valence-corrected chi connectivity index (χ1v) is 10.8. The van der Waals surface area contributed by atoms with Crippen molar-refractivity contribution in [2.45, 2.75) is 13.1 Å². The number of carboxylic acid groups (broad SMARTS) is 2. The van der Waals surface area contributed by atoms with E-state index in [9.17, 15) is 0 Å². The van der Waals surface area contributed by atoms with Crippen LogP contribution in [0.2, 0.25) is 0 Å². The van der Waals surface area contributed by atoms with Gasteiger partial charge in [-0.15, -0.1) is 0 Å². The van der Waals surface area contributed by atoms with Gasteiger partial charge in [-0.25, -0.2) is 9.59 Å². The van der Waals surface area contributed by atoms with Crippen molar-refractivity contribution in [3.05, 3.63) is 71.8 Å². The largest absolute Gasteiger partial charge is 0.473 e. The SMILES string of the molecule is O=C(O)C(=O)O.c1ccc2c(CN3CCN(Cc4ccc5c(c4)OCO5)CC3)cccc2c1. The Kier molecular flexibility index (Phi) is 7.07. The average Bonchev–Trinajstić information content (AvgIpc) is 3.29. The van der Waals surface area contributed by atoms with Crippen LogP contribution in [0.3, 0.4) is 0 Å². The average molecular weight is 450 g/mol. The lowest BCUT2D eigenvalue weighted by Gasteiger charge is -2.35. The Hall–Kier alpha value is -3.62. The highest BCUT2D eigenvalue weighted by Crippen LogP contribution is 2.33. The van der Waals surface area contributed by atoms with Crippen LogP contribution in [0, 0.1) is 0 Å². The highest BCUT2D eigenvalue weighted by atomic mass is 16.7. The molecule has 33 heavy (non-hydrogen) atoms. The summed E-state index contributed by atoms with van der Waals surface area (Å²) >= 11 is 0. The molecule has 0 bridgehead atoms. The summed E-state index contributed by atoms with van der Waals surface area (Å²) in [5.74, 6) is -1.91. The first-order valence-electron chi connectivity index (χ1n) is 10.8. The molecule has 0 atom stereocenters. The predicted molar refractivity (Wildman–Crippen MR) is 122 cm³/mol. The third kappa shape index (κ3) is 5.79. The fraction of sp³-hybridized carbons (Fsp3) is 0.280. The van der Waals surface area contributed by atoms with Gasteiger partial charge in [-0.1, -0.05) is 48.5 Å². The third-order valence-electron chi connectivity index (χ3n) is 5.76. The first kappa shape index (κ1) is 22.6. The van der Waals surface area contributed by atoms with Crippen molar-refractivity contribution in [2.75, 3.05) is 33.0 Å².